The number of halogens is 4. The van der Waals surface area contributed by atoms with Gasteiger partial charge >= 0.3 is 4.83 Å². The molecular formula is C6H8BrF3. The number of alkyl halides is 3. The van der Waals surface area contributed by atoms with Gasteiger partial charge in [0.25, 0.3) is 0 Å². The highest BCUT2D eigenvalue weighted by Gasteiger charge is 2.30. The first-order valence-electron chi connectivity index (χ1n) is 2.91. The standard InChI is InChI=1S/C6H8BrF3/c1-2-3-4-5(8)6(7,9)10/h4H,2-3H2,1H3. The highest BCUT2D eigenvalue weighted by atomic mass is 79.9. The van der Waals surface area contributed by atoms with E-state index in [9.17, 15) is 13.2 Å². The Balaban J connectivity index is 3.93. The van der Waals surface area contributed by atoms with E-state index in [1.54, 1.807) is 6.92 Å². The van der Waals surface area contributed by atoms with Crippen molar-refractivity contribution in [1.29, 1.82) is 0 Å². The van der Waals surface area contributed by atoms with E-state index in [1.165, 1.54) is 0 Å². The molecule has 10 heavy (non-hydrogen) atoms. The van der Waals surface area contributed by atoms with Gasteiger partial charge in [0, 0.05) is 0 Å². The van der Waals surface area contributed by atoms with Crippen LogP contribution in [0.1, 0.15) is 19.8 Å². The second kappa shape index (κ2) is 4.01. The van der Waals surface area contributed by atoms with Crippen molar-refractivity contribution in [2.75, 3.05) is 0 Å². The molecule has 0 spiro atoms. The van der Waals surface area contributed by atoms with Crippen molar-refractivity contribution >= 4 is 15.9 Å². The van der Waals surface area contributed by atoms with E-state index in [1.807, 2.05) is 15.9 Å². The van der Waals surface area contributed by atoms with E-state index >= 15 is 0 Å². The van der Waals surface area contributed by atoms with Crippen LogP contribution in [0.2, 0.25) is 0 Å². The zero-order valence-corrected chi connectivity index (χ0v) is 7.09. The molecule has 0 saturated heterocycles. The lowest BCUT2D eigenvalue weighted by molar-refractivity contribution is 0.127. The number of allylic oxidation sites excluding steroid dienone is 2. The highest BCUT2D eigenvalue weighted by Crippen LogP contribution is 2.31. The van der Waals surface area contributed by atoms with Crippen LogP contribution in [-0.4, -0.2) is 4.83 Å². The summed E-state index contributed by atoms with van der Waals surface area (Å²) in [6.45, 7) is 1.79. The second-order valence-corrected chi connectivity index (χ2v) is 2.83. The van der Waals surface area contributed by atoms with Crippen molar-refractivity contribution in [2.24, 2.45) is 0 Å². The van der Waals surface area contributed by atoms with Crippen molar-refractivity contribution in [3.05, 3.63) is 11.9 Å². The van der Waals surface area contributed by atoms with Gasteiger partial charge in [0.2, 0.25) is 0 Å². The topological polar surface area (TPSA) is 0 Å². The first kappa shape index (κ1) is 10.0. The molecule has 0 N–H and O–H groups in total. The van der Waals surface area contributed by atoms with Crippen molar-refractivity contribution < 1.29 is 13.2 Å². The van der Waals surface area contributed by atoms with Gasteiger partial charge in [0.15, 0.2) is 5.83 Å². The van der Waals surface area contributed by atoms with Gasteiger partial charge in [-0.3, -0.25) is 0 Å². The van der Waals surface area contributed by atoms with Crippen LogP contribution in [-0.2, 0) is 0 Å². The van der Waals surface area contributed by atoms with E-state index in [-0.39, 0.29) is 0 Å². The predicted octanol–water partition coefficient (Wildman–Crippen LogP) is 3.63. The molecule has 0 heterocycles. The summed E-state index contributed by atoms with van der Waals surface area (Å²) in [5, 5.41) is 0. The minimum absolute atomic E-state index is 0.340. The molecule has 0 unspecified atom stereocenters. The molecule has 0 bridgehead atoms. The van der Waals surface area contributed by atoms with Gasteiger partial charge in [0.1, 0.15) is 0 Å². The molecular weight excluding hydrogens is 209 g/mol. The number of hydrogen-bond acceptors (Lipinski definition) is 0. The van der Waals surface area contributed by atoms with Gasteiger partial charge < -0.3 is 0 Å². The molecule has 0 fully saturated rings. The molecule has 0 aromatic carbocycles. The van der Waals surface area contributed by atoms with Gasteiger partial charge in [-0.2, -0.15) is 8.78 Å². The third-order valence-corrected chi connectivity index (χ3v) is 1.26. The van der Waals surface area contributed by atoms with Crippen molar-refractivity contribution in [2.45, 2.75) is 24.6 Å². The molecule has 0 aromatic heterocycles. The Labute approximate surface area is 66.2 Å². The van der Waals surface area contributed by atoms with Crippen LogP contribution in [0.15, 0.2) is 11.9 Å². The zero-order valence-electron chi connectivity index (χ0n) is 5.50. The quantitative estimate of drug-likeness (QED) is 0.633. The van der Waals surface area contributed by atoms with E-state index in [2.05, 4.69) is 0 Å². The SMILES string of the molecule is CCCC=C(F)C(F)(F)Br. The van der Waals surface area contributed by atoms with Crippen LogP contribution in [0.4, 0.5) is 13.2 Å². The summed E-state index contributed by atoms with van der Waals surface area (Å²) in [5.74, 6) is -1.41. The van der Waals surface area contributed by atoms with Crippen LogP contribution in [0.25, 0.3) is 0 Å². The molecule has 0 amide bonds. The average Bonchev–Trinajstić information content (AvgIpc) is 1.80. The smallest absolute Gasteiger partial charge is 0.204 e. The summed E-state index contributed by atoms with van der Waals surface area (Å²) >= 11 is 1.90. The fourth-order valence-electron chi connectivity index (χ4n) is 0.387. The fraction of sp³-hybridized carbons (Fsp3) is 0.667. The second-order valence-electron chi connectivity index (χ2n) is 1.84. The van der Waals surface area contributed by atoms with Crippen LogP contribution < -0.4 is 0 Å². The van der Waals surface area contributed by atoms with Crippen LogP contribution in [0, 0.1) is 0 Å². The van der Waals surface area contributed by atoms with Crippen LogP contribution in [0.3, 0.4) is 0 Å². The lowest BCUT2D eigenvalue weighted by Gasteiger charge is -2.03. The van der Waals surface area contributed by atoms with Gasteiger partial charge in [-0.05, 0) is 28.4 Å². The number of hydrogen-bond donors (Lipinski definition) is 0. The van der Waals surface area contributed by atoms with Gasteiger partial charge in [-0.25, -0.2) is 4.39 Å². The number of rotatable bonds is 3. The lowest BCUT2D eigenvalue weighted by atomic mass is 10.3. The van der Waals surface area contributed by atoms with E-state index in [0.717, 1.165) is 6.08 Å². The maximum absolute atomic E-state index is 12.2. The van der Waals surface area contributed by atoms with Crippen molar-refractivity contribution in [3.63, 3.8) is 0 Å². The maximum Gasteiger partial charge on any atom is 0.351 e. The van der Waals surface area contributed by atoms with Crippen molar-refractivity contribution in [1.82, 2.24) is 0 Å². The largest absolute Gasteiger partial charge is 0.351 e. The van der Waals surface area contributed by atoms with Crippen molar-refractivity contribution in [3.8, 4) is 0 Å². The predicted molar refractivity (Wildman–Crippen MR) is 38.0 cm³/mol. The summed E-state index contributed by atoms with van der Waals surface area (Å²) in [4.78, 5) is -3.48. The average molecular weight is 217 g/mol. The Morgan fingerprint density at radius 2 is 2.10 bits per heavy atom. The zero-order chi connectivity index (χ0) is 8.20. The lowest BCUT2D eigenvalue weighted by Crippen LogP contribution is -2.04. The molecule has 60 valence electrons. The molecule has 4 heteroatoms. The minimum Gasteiger partial charge on any atom is -0.204 e. The summed E-state index contributed by atoms with van der Waals surface area (Å²) in [6, 6.07) is 0. The first-order chi connectivity index (χ1) is 4.48. The van der Waals surface area contributed by atoms with E-state index < -0.39 is 10.7 Å². The Morgan fingerprint density at radius 1 is 1.60 bits per heavy atom. The molecule has 0 atom stereocenters. The molecule has 0 rings (SSSR count). The normalized spacial score (nSPS) is 13.9. The van der Waals surface area contributed by atoms with Gasteiger partial charge in [0.05, 0.1) is 0 Å². The summed E-state index contributed by atoms with van der Waals surface area (Å²) in [7, 11) is 0. The Bertz CT molecular complexity index is 125. The maximum atomic E-state index is 12.2. The summed E-state index contributed by atoms with van der Waals surface area (Å²) < 4.78 is 36.0. The van der Waals surface area contributed by atoms with E-state index in [4.69, 9.17) is 0 Å². The monoisotopic (exact) mass is 216 g/mol. The van der Waals surface area contributed by atoms with Gasteiger partial charge in [-0.1, -0.05) is 13.3 Å². The molecule has 0 aromatic rings. The fourth-order valence-corrected chi connectivity index (χ4v) is 0.549. The van der Waals surface area contributed by atoms with E-state index in [0.29, 0.717) is 12.8 Å². The molecule has 0 radical (unpaired) electrons. The Hall–Kier alpha value is 0.01000. The molecule has 0 aliphatic heterocycles. The summed E-state index contributed by atoms with van der Waals surface area (Å²) in [5.41, 5.74) is 0. The van der Waals surface area contributed by atoms with Gasteiger partial charge in [-0.15, -0.1) is 0 Å². The molecule has 0 saturated carbocycles. The van der Waals surface area contributed by atoms with Crippen LogP contribution in [0.5, 0.6) is 0 Å². The number of unbranched alkanes of at least 4 members (excludes halogenated alkanes) is 1. The first-order valence-corrected chi connectivity index (χ1v) is 3.70. The third kappa shape index (κ3) is 3.93. The summed E-state index contributed by atoms with van der Waals surface area (Å²) in [6.07, 6.45) is 1.89. The Morgan fingerprint density at radius 3 is 2.40 bits per heavy atom. The molecule has 0 nitrogen and oxygen atoms in total. The minimum atomic E-state index is -3.48. The molecule has 0 aliphatic carbocycles. The molecule has 0 aliphatic rings. The van der Waals surface area contributed by atoms with Crippen LogP contribution >= 0.6 is 15.9 Å². The Kier molecular flexibility index (Phi) is 4.01. The third-order valence-electron chi connectivity index (χ3n) is 0.883. The highest BCUT2D eigenvalue weighted by molar-refractivity contribution is 9.10.